The monoisotopic (exact) mass is 906 g/mol. The van der Waals surface area contributed by atoms with Crippen molar-refractivity contribution in [3.63, 3.8) is 0 Å². The molecule has 14 aromatic rings. The zero-order valence-electron chi connectivity index (χ0n) is 38.0. The summed E-state index contributed by atoms with van der Waals surface area (Å²) in [5, 5.41) is 9.91. The zero-order valence-corrected chi connectivity index (χ0v) is 38.8. The quantitative estimate of drug-likeness (QED) is 0.172. The van der Waals surface area contributed by atoms with Gasteiger partial charge in [0.1, 0.15) is 5.82 Å². The number of thiophene rings is 1. The maximum Gasteiger partial charge on any atom is 0.123 e. The fourth-order valence-electron chi connectivity index (χ4n) is 12.1. The van der Waals surface area contributed by atoms with Crippen LogP contribution in [0.15, 0.2) is 249 Å². The number of nitrogens with one attached hydrogen (secondary N) is 1. The Bertz CT molecular complexity index is 4380. The van der Waals surface area contributed by atoms with Gasteiger partial charge in [-0.15, -0.1) is 11.3 Å². The molecule has 2 nitrogen and oxygen atoms in total. The van der Waals surface area contributed by atoms with Gasteiger partial charge in [-0.05, 0) is 108 Å². The molecule has 0 bridgehead atoms. The van der Waals surface area contributed by atoms with Crippen LogP contribution >= 0.6 is 11.3 Å². The fraction of sp³-hybridized carbons (Fsp3) is 0.0149. The van der Waals surface area contributed by atoms with Crippen molar-refractivity contribution < 1.29 is 0 Å². The Kier molecular flexibility index (Phi) is 8.48. The van der Waals surface area contributed by atoms with Gasteiger partial charge in [0, 0.05) is 41.7 Å². The first kappa shape index (κ1) is 39.3. The summed E-state index contributed by atoms with van der Waals surface area (Å²) in [5.74, 6) is 1.06. The third kappa shape index (κ3) is 5.61. The number of hydrogen-bond acceptors (Lipinski definition) is 1. The molecule has 0 radical (unpaired) electrons. The molecule has 1 N–H and O–H groups in total. The van der Waals surface area contributed by atoms with Crippen LogP contribution in [0.25, 0.3) is 114 Å². The van der Waals surface area contributed by atoms with Gasteiger partial charge in [-0.3, -0.25) is 4.57 Å². The Morgan fingerprint density at radius 3 is 1.77 bits per heavy atom. The van der Waals surface area contributed by atoms with Crippen LogP contribution in [0.1, 0.15) is 22.3 Å². The summed E-state index contributed by atoms with van der Waals surface area (Å²) in [6.07, 6.45) is 0. The minimum atomic E-state index is -0.498. The van der Waals surface area contributed by atoms with E-state index in [2.05, 4.69) is 258 Å². The minimum Gasteiger partial charge on any atom is -0.340 e. The van der Waals surface area contributed by atoms with Crippen LogP contribution in [0.2, 0.25) is 0 Å². The Hall–Kier alpha value is -8.76. The molecule has 326 valence electrons. The highest BCUT2D eigenvalue weighted by atomic mass is 32.1. The van der Waals surface area contributed by atoms with Gasteiger partial charge in [0.05, 0.1) is 22.1 Å². The molecule has 0 unspecified atom stereocenters. The molecule has 0 saturated carbocycles. The summed E-state index contributed by atoms with van der Waals surface area (Å²) >= 11 is 1.88. The second-order valence-corrected chi connectivity index (χ2v) is 19.9. The maximum absolute atomic E-state index is 4.14. The van der Waals surface area contributed by atoms with E-state index in [1.165, 1.54) is 114 Å². The lowest BCUT2D eigenvalue weighted by atomic mass is 9.67. The Labute approximate surface area is 409 Å². The van der Waals surface area contributed by atoms with Gasteiger partial charge in [-0.1, -0.05) is 212 Å². The van der Waals surface area contributed by atoms with Crippen molar-refractivity contribution in [3.8, 4) is 50.5 Å². The average Bonchev–Trinajstić information content (AvgIpc) is 4.17. The van der Waals surface area contributed by atoms with Crippen molar-refractivity contribution in [1.82, 2.24) is 9.55 Å². The molecule has 0 aliphatic heterocycles. The smallest absolute Gasteiger partial charge is 0.123 e. The van der Waals surface area contributed by atoms with Gasteiger partial charge in [0.25, 0.3) is 0 Å². The molecule has 15 rings (SSSR count). The summed E-state index contributed by atoms with van der Waals surface area (Å²) in [6, 6.07) is 92.5. The number of aromatic nitrogens is 2. The lowest BCUT2D eigenvalue weighted by molar-refractivity contribution is 0.768. The summed E-state index contributed by atoms with van der Waals surface area (Å²) < 4.78 is 5.15. The first-order valence-electron chi connectivity index (χ1n) is 24.2. The van der Waals surface area contributed by atoms with Gasteiger partial charge in [0.15, 0.2) is 0 Å². The molecule has 3 aromatic heterocycles. The molecule has 0 saturated heterocycles. The summed E-state index contributed by atoms with van der Waals surface area (Å²) in [5.41, 5.74) is 16.6. The van der Waals surface area contributed by atoms with Crippen LogP contribution in [0, 0.1) is 0 Å². The van der Waals surface area contributed by atoms with Crippen molar-refractivity contribution in [2.75, 3.05) is 0 Å². The molecule has 70 heavy (non-hydrogen) atoms. The molecule has 0 amide bonds. The van der Waals surface area contributed by atoms with Crippen LogP contribution in [-0.4, -0.2) is 9.55 Å². The first-order chi connectivity index (χ1) is 34.7. The van der Waals surface area contributed by atoms with Crippen LogP contribution in [-0.2, 0) is 5.41 Å². The standard InChI is InChI=1S/C67H42N2S/c1-3-21-48(22-4-1)67(49-23-5-2-6-24-49)59-31-13-11-25-51(59)52-35-34-47(39-60(52)67)64-55-27-9-10-28-57(55)66(68-64)69-61-41-45(33-36-53(61)58-38-43-17-7-8-18-44(43)40-62(58)69)42-19-15-20-46(37-42)50-29-16-30-56-54-26-12-14-32-63(54)70-65(50)56/h1-41,68H. The van der Waals surface area contributed by atoms with E-state index in [4.69, 9.17) is 0 Å². The number of benzene rings is 11. The maximum atomic E-state index is 4.14. The highest BCUT2D eigenvalue weighted by Crippen LogP contribution is 2.57. The largest absolute Gasteiger partial charge is 0.340 e. The number of rotatable bonds is 6. The van der Waals surface area contributed by atoms with Crippen molar-refractivity contribution in [2.24, 2.45) is 0 Å². The topological polar surface area (TPSA) is 20.7 Å². The summed E-state index contributed by atoms with van der Waals surface area (Å²) in [4.78, 5) is 4.14. The molecule has 1 aliphatic rings. The van der Waals surface area contributed by atoms with E-state index in [0.29, 0.717) is 0 Å². The van der Waals surface area contributed by atoms with Crippen LogP contribution in [0.4, 0.5) is 0 Å². The van der Waals surface area contributed by atoms with E-state index in [9.17, 15) is 0 Å². The molecule has 11 aromatic carbocycles. The Balaban J connectivity index is 0.950. The van der Waals surface area contributed by atoms with Crippen molar-refractivity contribution in [2.45, 2.75) is 5.41 Å². The minimum absolute atomic E-state index is 0.498. The molecular weight excluding hydrogens is 865 g/mol. The van der Waals surface area contributed by atoms with Crippen molar-refractivity contribution in [1.29, 1.82) is 0 Å². The highest BCUT2D eigenvalue weighted by Gasteiger charge is 2.46. The molecule has 3 heteroatoms. The number of fused-ring (bicyclic) bond motifs is 11. The first-order valence-corrected chi connectivity index (χ1v) is 25.0. The predicted octanol–water partition coefficient (Wildman–Crippen LogP) is 18.2. The molecule has 3 heterocycles. The lowest BCUT2D eigenvalue weighted by Crippen LogP contribution is -2.28. The van der Waals surface area contributed by atoms with E-state index in [-0.39, 0.29) is 0 Å². The SMILES string of the molecule is c1ccc(C2(c3ccccc3)c3ccccc3-c3ccc(-c4[nH]c(-n5c6cc(-c7cccc(-c8cccc9c8sc8ccccc89)c7)ccc6c6cc7ccccc7cc65)c5ccccc45)cc32)cc1. The third-order valence-corrected chi connectivity index (χ3v) is 16.4. The summed E-state index contributed by atoms with van der Waals surface area (Å²) in [7, 11) is 0. The van der Waals surface area contributed by atoms with E-state index in [1.807, 2.05) is 11.3 Å². The molecule has 1 aliphatic carbocycles. The lowest BCUT2D eigenvalue weighted by Gasteiger charge is -2.34. The van der Waals surface area contributed by atoms with Gasteiger partial charge in [-0.25, -0.2) is 0 Å². The number of hydrogen-bond donors (Lipinski definition) is 1. The van der Waals surface area contributed by atoms with Crippen molar-refractivity contribution >= 4 is 74.9 Å². The Morgan fingerprint density at radius 2 is 0.943 bits per heavy atom. The molecule has 0 fully saturated rings. The highest BCUT2D eigenvalue weighted by molar-refractivity contribution is 7.26. The second-order valence-electron chi connectivity index (χ2n) is 18.8. The van der Waals surface area contributed by atoms with E-state index in [1.54, 1.807) is 0 Å². The number of aromatic amines is 1. The number of H-pyrrole nitrogens is 1. The molecule has 0 spiro atoms. The van der Waals surface area contributed by atoms with E-state index >= 15 is 0 Å². The Morgan fingerprint density at radius 1 is 0.343 bits per heavy atom. The predicted molar refractivity (Wildman–Crippen MR) is 297 cm³/mol. The zero-order chi connectivity index (χ0) is 45.9. The third-order valence-electron chi connectivity index (χ3n) is 15.2. The summed E-state index contributed by atoms with van der Waals surface area (Å²) in [6.45, 7) is 0. The van der Waals surface area contributed by atoms with Crippen molar-refractivity contribution in [3.05, 3.63) is 271 Å². The molecular formula is C67H42N2S. The van der Waals surface area contributed by atoms with E-state index in [0.717, 1.165) is 22.6 Å². The van der Waals surface area contributed by atoms with Crippen LogP contribution < -0.4 is 0 Å². The molecule has 0 atom stereocenters. The average molecular weight is 907 g/mol. The normalized spacial score (nSPS) is 13.0. The second kappa shape index (κ2) is 15.1. The van der Waals surface area contributed by atoms with Gasteiger partial charge in [0.2, 0.25) is 0 Å². The van der Waals surface area contributed by atoms with Gasteiger partial charge >= 0.3 is 0 Å². The van der Waals surface area contributed by atoms with Crippen LogP contribution in [0.3, 0.4) is 0 Å². The van der Waals surface area contributed by atoms with Gasteiger partial charge < -0.3 is 4.98 Å². The van der Waals surface area contributed by atoms with Gasteiger partial charge in [-0.2, -0.15) is 0 Å². The van der Waals surface area contributed by atoms with Crippen LogP contribution in [0.5, 0.6) is 0 Å². The van der Waals surface area contributed by atoms with E-state index < -0.39 is 5.41 Å². The number of nitrogens with zero attached hydrogens (tertiary/aromatic N) is 1. The fourth-order valence-corrected chi connectivity index (χ4v) is 13.4.